The zero-order valence-corrected chi connectivity index (χ0v) is 44.3. The van der Waals surface area contributed by atoms with Gasteiger partial charge in [-0.25, -0.2) is 0 Å². The molecule has 6 rings (SSSR count). The number of methoxy groups -OCH3 is 4. The normalized spacial score (nSPS) is 24.3. The van der Waals surface area contributed by atoms with Gasteiger partial charge in [-0.2, -0.15) is 0 Å². The summed E-state index contributed by atoms with van der Waals surface area (Å²) in [5.41, 5.74) is 3.08. The average molecular weight is 961 g/mol. The van der Waals surface area contributed by atoms with Gasteiger partial charge < -0.3 is 38.0 Å². The number of hydrogen-bond donors (Lipinski definition) is 1. The second kappa shape index (κ2) is 23.6. The Morgan fingerprint density at radius 3 is 1.43 bits per heavy atom. The molecule has 68 heavy (non-hydrogen) atoms. The minimum atomic E-state index is -1.93. The van der Waals surface area contributed by atoms with Gasteiger partial charge in [0, 0.05) is 76.8 Å². The maximum absolute atomic E-state index is 12.5. The number of rotatable bonds is 12. The van der Waals surface area contributed by atoms with Gasteiger partial charge in [0.15, 0.2) is 42.5 Å². The zero-order valence-electron chi connectivity index (χ0n) is 43.3. The van der Waals surface area contributed by atoms with Crippen molar-refractivity contribution in [2.75, 3.05) is 67.8 Å². The molecule has 4 heterocycles. The summed E-state index contributed by atoms with van der Waals surface area (Å²) in [6, 6.07) is 8.44. The lowest BCUT2D eigenvalue weighted by Crippen LogP contribution is -2.56. The highest BCUT2D eigenvalue weighted by Crippen LogP contribution is 2.50. The molecule has 13 heteroatoms. The van der Waals surface area contributed by atoms with Crippen molar-refractivity contribution in [2.24, 2.45) is 23.7 Å². The van der Waals surface area contributed by atoms with Crippen molar-refractivity contribution in [3.05, 3.63) is 46.5 Å². The Morgan fingerprint density at radius 1 is 0.706 bits per heavy atom. The molecule has 0 unspecified atom stereocenters. The lowest BCUT2D eigenvalue weighted by atomic mass is 9.71. The van der Waals surface area contributed by atoms with Crippen LogP contribution in [-0.2, 0) is 36.3 Å². The van der Waals surface area contributed by atoms with E-state index in [-0.39, 0.29) is 54.9 Å². The van der Waals surface area contributed by atoms with E-state index in [1.165, 1.54) is 36.1 Å². The van der Waals surface area contributed by atoms with Crippen molar-refractivity contribution in [1.29, 1.82) is 0 Å². The van der Waals surface area contributed by atoms with Gasteiger partial charge in [0.25, 0.3) is 0 Å². The van der Waals surface area contributed by atoms with Gasteiger partial charge in [0.05, 0.1) is 35.0 Å². The molecule has 2 fully saturated rings. The number of nitrogens with zero attached hydrogens (tertiary/aromatic N) is 2. The second-order valence-electron chi connectivity index (χ2n) is 21.2. The quantitative estimate of drug-likeness (QED) is 0.124. The summed E-state index contributed by atoms with van der Waals surface area (Å²) in [6.45, 7) is 26.5. The fraction of sp³-hybridized carbons (Fsp3) is 0.673. The van der Waals surface area contributed by atoms with E-state index in [0.717, 1.165) is 69.1 Å². The summed E-state index contributed by atoms with van der Waals surface area (Å²) < 4.78 is 40.8. The van der Waals surface area contributed by atoms with Gasteiger partial charge in [-0.15, -0.1) is 0 Å². The third kappa shape index (κ3) is 12.9. The lowest BCUT2D eigenvalue weighted by molar-refractivity contribution is -0.166. The van der Waals surface area contributed by atoms with E-state index < -0.39 is 19.5 Å². The van der Waals surface area contributed by atoms with E-state index in [1.807, 2.05) is 6.07 Å². The van der Waals surface area contributed by atoms with Crippen LogP contribution in [0, 0.1) is 47.4 Å². The highest BCUT2D eigenvalue weighted by molar-refractivity contribution is 6.74. The van der Waals surface area contributed by atoms with E-state index in [9.17, 15) is 14.7 Å². The first kappa shape index (κ1) is 56.3. The van der Waals surface area contributed by atoms with Crippen LogP contribution in [0.3, 0.4) is 0 Å². The highest BCUT2D eigenvalue weighted by Gasteiger charge is 2.52. The number of fused-ring (bicyclic) bond motifs is 6. The molecule has 0 amide bonds. The summed E-state index contributed by atoms with van der Waals surface area (Å²) in [6.07, 6.45) is 4.91. The number of hydrogen-bond acceptors (Lipinski definition) is 12. The first-order valence-corrected chi connectivity index (χ1v) is 27.1. The number of piperidine rings is 2. The second-order valence-corrected chi connectivity index (χ2v) is 26.0. The molecule has 378 valence electrons. The highest BCUT2D eigenvalue weighted by atomic mass is 28.4. The number of aliphatic hydroxyl groups excluding tert-OH is 1. The minimum absolute atomic E-state index is 0. The largest absolute Gasteiger partial charge is 0.493 e. The predicted octanol–water partition coefficient (Wildman–Crippen LogP) is 9.60. The molecule has 2 aromatic carbocycles. The number of carbonyl (C=O) groups excluding carboxylic acids is 2. The summed E-state index contributed by atoms with van der Waals surface area (Å²) in [5, 5.41) is 9.49. The van der Waals surface area contributed by atoms with Crippen molar-refractivity contribution in [3.8, 4) is 46.7 Å². The van der Waals surface area contributed by atoms with E-state index in [1.54, 1.807) is 28.4 Å². The Morgan fingerprint density at radius 2 is 1.09 bits per heavy atom. The Hall–Kier alpha value is -4.24. The molecule has 2 aromatic rings. The van der Waals surface area contributed by atoms with Crippen LogP contribution < -0.4 is 18.9 Å². The maximum Gasteiger partial charge on any atom is 0.304 e. The van der Waals surface area contributed by atoms with Crippen molar-refractivity contribution in [1.82, 2.24) is 9.80 Å². The molecule has 2 saturated heterocycles. The Bertz CT molecular complexity index is 2180. The van der Waals surface area contributed by atoms with E-state index in [0.29, 0.717) is 37.0 Å². The number of ether oxygens (including phenoxy) is 6. The molecular weight excluding hydrogens is 877 g/mol. The Kier molecular flexibility index (Phi) is 19.5. The molecule has 0 saturated carbocycles. The first-order valence-electron chi connectivity index (χ1n) is 24.2. The molecule has 1 N–H and O–H groups in total. The molecule has 6 atom stereocenters. The summed E-state index contributed by atoms with van der Waals surface area (Å²) in [5.74, 6) is 16.1. The van der Waals surface area contributed by atoms with Gasteiger partial charge in [-0.05, 0) is 102 Å². The number of aliphatic hydroxyl groups is 1. The molecular formula is C55H84N2O10Si. The Balaban J connectivity index is 0.000000298. The van der Waals surface area contributed by atoms with Crippen LogP contribution in [0.2, 0.25) is 18.1 Å². The molecule has 0 bridgehead atoms. The summed E-state index contributed by atoms with van der Waals surface area (Å²) in [4.78, 5) is 29.6. The van der Waals surface area contributed by atoms with Crippen molar-refractivity contribution >= 4 is 20.3 Å². The fourth-order valence-electron chi connectivity index (χ4n) is 10.4. The van der Waals surface area contributed by atoms with Gasteiger partial charge in [-0.3, -0.25) is 19.4 Å². The topological polar surface area (TPSA) is 125 Å². The zero-order chi connectivity index (χ0) is 49.5. The standard InChI is InChI=1S/C30H47NO5Si.C24H33NO5.CH4/c1-21(2)16-24-20-31-14-12-23-17-27(33-7)28(34-8)18-25(23)26(31)19-30(24,36-22(3)32)13-11-15-35-37(9,10)29(4,5)6;1-16(2)11-19-15-25-9-7-18-12-22(28-4)23(29-5)13-20(18)21(25)14-24(19,8-6-10-26)30-17(3)27;/h17-18,21,24,26H,12,14-16,19-20H2,1-10H3;12-13,16,19,21,26H,7,9-11,14-15H2,1-5H3;1H4/t24-,26-,30-;19-,21-,24-;/m11./s1. The van der Waals surface area contributed by atoms with Crippen LogP contribution in [0.4, 0.5) is 0 Å². The smallest absolute Gasteiger partial charge is 0.304 e. The van der Waals surface area contributed by atoms with E-state index in [4.69, 9.17) is 32.8 Å². The minimum Gasteiger partial charge on any atom is -0.493 e. The van der Waals surface area contributed by atoms with Crippen LogP contribution in [0.5, 0.6) is 23.0 Å². The first-order chi connectivity index (χ1) is 31.6. The van der Waals surface area contributed by atoms with Crippen LogP contribution in [0.25, 0.3) is 0 Å². The third-order valence-corrected chi connectivity index (χ3v) is 19.1. The van der Waals surface area contributed by atoms with E-state index >= 15 is 0 Å². The molecule has 12 nitrogen and oxygen atoms in total. The monoisotopic (exact) mass is 961 g/mol. The van der Waals surface area contributed by atoms with Gasteiger partial charge in [0.1, 0.15) is 6.61 Å². The van der Waals surface area contributed by atoms with Crippen LogP contribution in [0.1, 0.15) is 130 Å². The summed E-state index contributed by atoms with van der Waals surface area (Å²) >= 11 is 0. The summed E-state index contributed by atoms with van der Waals surface area (Å²) in [7, 11) is 4.69. The number of esters is 2. The lowest BCUT2D eigenvalue weighted by Gasteiger charge is -2.51. The molecule has 4 aliphatic heterocycles. The van der Waals surface area contributed by atoms with Crippen LogP contribution >= 0.6 is 0 Å². The van der Waals surface area contributed by atoms with Crippen molar-refractivity contribution in [2.45, 2.75) is 150 Å². The average Bonchev–Trinajstić information content (AvgIpc) is 3.25. The third-order valence-electron chi connectivity index (χ3n) is 14.6. The van der Waals surface area contributed by atoms with Crippen molar-refractivity contribution in [3.63, 3.8) is 0 Å². The number of carbonyl (C=O) groups is 2. The predicted molar refractivity (Wildman–Crippen MR) is 272 cm³/mol. The van der Waals surface area contributed by atoms with E-state index in [2.05, 4.69) is 113 Å². The van der Waals surface area contributed by atoms with Gasteiger partial charge in [0.2, 0.25) is 0 Å². The molecule has 0 spiro atoms. The molecule has 0 aromatic heterocycles. The Labute approximate surface area is 410 Å². The maximum atomic E-state index is 12.5. The van der Waals surface area contributed by atoms with Gasteiger partial charge in [-0.1, -0.05) is 79.6 Å². The molecule has 0 aliphatic carbocycles. The number of benzene rings is 2. The van der Waals surface area contributed by atoms with Crippen LogP contribution in [-0.4, -0.2) is 114 Å². The molecule has 4 aliphatic rings. The van der Waals surface area contributed by atoms with Gasteiger partial charge >= 0.3 is 11.9 Å². The SMILES string of the molecule is C.COc1cc2c(cc1OC)[C@H]1C[C@@](C#CCO)(OC(C)=O)[C@H](CC(C)C)CN1CC2.COc1cc2c(cc1OC)[C@H]1C[C@@](C#CCO[Si](C)(C)C(C)(C)C)(OC(C)=O)[C@H](CC(C)C)CN1CC2. The fourth-order valence-corrected chi connectivity index (χ4v) is 11.3. The van der Waals surface area contributed by atoms with Crippen molar-refractivity contribution < 1.29 is 47.5 Å². The molecule has 0 radical (unpaired) electrons. The van der Waals surface area contributed by atoms with Crippen LogP contribution in [0.15, 0.2) is 24.3 Å².